The van der Waals surface area contributed by atoms with Crippen LogP contribution in [0.5, 0.6) is 5.75 Å². The Morgan fingerprint density at radius 3 is 2.83 bits per heavy atom. The fourth-order valence-corrected chi connectivity index (χ4v) is 3.15. The molecule has 0 aliphatic carbocycles. The zero-order valence-electron chi connectivity index (χ0n) is 13.5. The van der Waals surface area contributed by atoms with E-state index in [0.29, 0.717) is 16.5 Å². The highest BCUT2D eigenvalue weighted by molar-refractivity contribution is 7.99. The zero-order valence-corrected chi connectivity index (χ0v) is 14.3. The zero-order chi connectivity index (χ0) is 16.9. The number of benzene rings is 2. The highest BCUT2D eigenvalue weighted by Gasteiger charge is 2.13. The molecule has 0 saturated heterocycles. The van der Waals surface area contributed by atoms with Gasteiger partial charge in [-0.25, -0.2) is 0 Å². The minimum atomic E-state index is 0.0261. The standard InChI is InChI=1S/C18H17N3O2S/c1-13-6-3-4-9-16(13)21-12-19-20-18(21)24-11-17(22)14-7-5-8-15(10-14)23-2/h3-10,12H,11H2,1-2H3. The van der Waals surface area contributed by atoms with Crippen LogP contribution in [0.3, 0.4) is 0 Å². The van der Waals surface area contributed by atoms with Gasteiger partial charge in [0, 0.05) is 5.56 Å². The summed E-state index contributed by atoms with van der Waals surface area (Å²) in [6.45, 7) is 2.03. The third-order valence-electron chi connectivity index (χ3n) is 3.62. The number of rotatable bonds is 6. The topological polar surface area (TPSA) is 57.0 Å². The van der Waals surface area contributed by atoms with Crippen LogP contribution in [0.25, 0.3) is 5.69 Å². The van der Waals surface area contributed by atoms with Crippen LogP contribution in [-0.2, 0) is 0 Å². The molecule has 24 heavy (non-hydrogen) atoms. The van der Waals surface area contributed by atoms with E-state index >= 15 is 0 Å². The van der Waals surface area contributed by atoms with Gasteiger partial charge in [0.05, 0.1) is 18.6 Å². The maximum atomic E-state index is 12.4. The van der Waals surface area contributed by atoms with Crippen molar-refractivity contribution in [3.63, 3.8) is 0 Å². The number of methoxy groups -OCH3 is 1. The SMILES string of the molecule is COc1cccc(C(=O)CSc2nncn2-c2ccccc2C)c1. The largest absolute Gasteiger partial charge is 0.497 e. The van der Waals surface area contributed by atoms with Crippen molar-refractivity contribution in [2.45, 2.75) is 12.1 Å². The van der Waals surface area contributed by atoms with Gasteiger partial charge in [0.1, 0.15) is 12.1 Å². The second-order valence-electron chi connectivity index (χ2n) is 5.21. The molecule has 0 N–H and O–H groups in total. The van der Waals surface area contributed by atoms with Gasteiger partial charge in [-0.1, -0.05) is 42.1 Å². The van der Waals surface area contributed by atoms with Gasteiger partial charge in [0.15, 0.2) is 10.9 Å². The summed E-state index contributed by atoms with van der Waals surface area (Å²) in [5.74, 6) is 0.991. The third kappa shape index (κ3) is 3.49. The van der Waals surface area contributed by atoms with E-state index in [-0.39, 0.29) is 11.5 Å². The maximum Gasteiger partial charge on any atom is 0.196 e. The van der Waals surface area contributed by atoms with E-state index in [1.807, 2.05) is 47.9 Å². The predicted octanol–water partition coefficient (Wildman–Crippen LogP) is 3.56. The average Bonchev–Trinajstić information content (AvgIpc) is 3.08. The molecule has 0 aliphatic rings. The first-order valence-electron chi connectivity index (χ1n) is 7.45. The lowest BCUT2D eigenvalue weighted by atomic mass is 10.1. The number of carbonyl (C=O) groups excluding carboxylic acids is 1. The van der Waals surface area contributed by atoms with Crippen molar-refractivity contribution in [1.82, 2.24) is 14.8 Å². The minimum Gasteiger partial charge on any atom is -0.497 e. The molecule has 122 valence electrons. The summed E-state index contributed by atoms with van der Waals surface area (Å²) in [6, 6.07) is 15.2. The Morgan fingerprint density at radius 1 is 1.21 bits per heavy atom. The van der Waals surface area contributed by atoms with Gasteiger partial charge in [0.25, 0.3) is 0 Å². The van der Waals surface area contributed by atoms with Crippen molar-refractivity contribution in [2.24, 2.45) is 0 Å². The molecule has 1 heterocycles. The monoisotopic (exact) mass is 339 g/mol. The molecule has 2 aromatic carbocycles. The number of aromatic nitrogens is 3. The number of ketones is 1. The summed E-state index contributed by atoms with van der Waals surface area (Å²) in [5.41, 5.74) is 2.76. The molecular weight excluding hydrogens is 322 g/mol. The molecule has 0 radical (unpaired) electrons. The lowest BCUT2D eigenvalue weighted by molar-refractivity contribution is 0.102. The van der Waals surface area contributed by atoms with Gasteiger partial charge in [-0.3, -0.25) is 9.36 Å². The third-order valence-corrected chi connectivity index (χ3v) is 4.56. The molecule has 5 nitrogen and oxygen atoms in total. The number of hydrogen-bond donors (Lipinski definition) is 0. The van der Waals surface area contributed by atoms with Crippen molar-refractivity contribution < 1.29 is 9.53 Å². The van der Waals surface area contributed by atoms with Crippen LogP contribution >= 0.6 is 11.8 Å². The molecule has 3 rings (SSSR count). The Hall–Kier alpha value is -2.60. The van der Waals surface area contributed by atoms with E-state index in [2.05, 4.69) is 10.2 Å². The van der Waals surface area contributed by atoms with Crippen LogP contribution in [0.15, 0.2) is 60.0 Å². The highest BCUT2D eigenvalue weighted by atomic mass is 32.2. The van der Waals surface area contributed by atoms with Gasteiger partial charge in [0.2, 0.25) is 0 Å². The Balaban J connectivity index is 1.75. The fourth-order valence-electron chi connectivity index (χ4n) is 2.33. The summed E-state index contributed by atoms with van der Waals surface area (Å²) in [6.07, 6.45) is 1.67. The van der Waals surface area contributed by atoms with E-state index in [9.17, 15) is 4.79 Å². The number of aryl methyl sites for hydroxylation is 1. The number of nitrogens with zero attached hydrogens (tertiary/aromatic N) is 3. The summed E-state index contributed by atoms with van der Waals surface area (Å²) < 4.78 is 7.06. The molecule has 0 unspecified atom stereocenters. The first-order chi connectivity index (χ1) is 11.7. The molecule has 0 fully saturated rings. The van der Waals surface area contributed by atoms with Crippen molar-refractivity contribution in [2.75, 3.05) is 12.9 Å². The summed E-state index contributed by atoms with van der Waals surface area (Å²) in [7, 11) is 1.59. The Labute approximate surface area is 144 Å². The molecule has 6 heteroatoms. The van der Waals surface area contributed by atoms with E-state index in [4.69, 9.17) is 4.74 Å². The highest BCUT2D eigenvalue weighted by Crippen LogP contribution is 2.23. The number of ether oxygens (including phenoxy) is 1. The van der Waals surface area contributed by atoms with Crippen molar-refractivity contribution in [3.05, 3.63) is 66.0 Å². The first kappa shape index (κ1) is 16.3. The predicted molar refractivity (Wildman–Crippen MR) is 94.1 cm³/mol. The lowest BCUT2D eigenvalue weighted by Gasteiger charge is -2.09. The summed E-state index contributed by atoms with van der Waals surface area (Å²) in [5, 5.41) is 8.81. The van der Waals surface area contributed by atoms with Crippen molar-refractivity contribution in [3.8, 4) is 11.4 Å². The van der Waals surface area contributed by atoms with Crippen LogP contribution in [0.4, 0.5) is 0 Å². The smallest absolute Gasteiger partial charge is 0.196 e. The van der Waals surface area contributed by atoms with Crippen LogP contribution in [0.1, 0.15) is 15.9 Å². The molecule has 0 saturated carbocycles. The number of hydrogen-bond acceptors (Lipinski definition) is 5. The summed E-state index contributed by atoms with van der Waals surface area (Å²) >= 11 is 1.37. The molecular formula is C18H17N3O2S. The number of Topliss-reactive ketones (excluding diaryl/α,β-unsaturated/α-hetero) is 1. The normalized spacial score (nSPS) is 10.6. The number of thioether (sulfide) groups is 1. The second kappa shape index (κ2) is 7.31. The van der Waals surface area contributed by atoms with E-state index in [1.54, 1.807) is 25.6 Å². The van der Waals surface area contributed by atoms with E-state index in [1.165, 1.54) is 11.8 Å². The maximum absolute atomic E-state index is 12.4. The lowest BCUT2D eigenvalue weighted by Crippen LogP contribution is -2.05. The number of carbonyl (C=O) groups is 1. The second-order valence-corrected chi connectivity index (χ2v) is 6.16. The van der Waals surface area contributed by atoms with Crippen molar-refractivity contribution >= 4 is 17.5 Å². The Kier molecular flexibility index (Phi) is 4.96. The van der Waals surface area contributed by atoms with Gasteiger partial charge in [-0.05, 0) is 30.7 Å². The van der Waals surface area contributed by atoms with E-state index in [0.717, 1.165) is 11.3 Å². The van der Waals surface area contributed by atoms with Gasteiger partial charge in [-0.2, -0.15) is 0 Å². The molecule has 0 spiro atoms. The summed E-state index contributed by atoms with van der Waals surface area (Å²) in [4.78, 5) is 12.4. The van der Waals surface area contributed by atoms with Crippen LogP contribution in [0.2, 0.25) is 0 Å². The molecule has 0 atom stereocenters. The molecule has 0 aliphatic heterocycles. The Bertz CT molecular complexity index is 861. The first-order valence-corrected chi connectivity index (χ1v) is 8.43. The minimum absolute atomic E-state index is 0.0261. The quantitative estimate of drug-likeness (QED) is 0.508. The van der Waals surface area contributed by atoms with Crippen LogP contribution in [0, 0.1) is 6.92 Å². The number of para-hydroxylation sites is 1. The van der Waals surface area contributed by atoms with Crippen LogP contribution < -0.4 is 4.74 Å². The molecule has 3 aromatic rings. The molecule has 1 aromatic heterocycles. The Morgan fingerprint density at radius 2 is 2.04 bits per heavy atom. The van der Waals surface area contributed by atoms with Crippen LogP contribution in [-0.4, -0.2) is 33.4 Å². The average molecular weight is 339 g/mol. The van der Waals surface area contributed by atoms with Crippen molar-refractivity contribution in [1.29, 1.82) is 0 Å². The molecule has 0 bridgehead atoms. The van der Waals surface area contributed by atoms with Gasteiger partial charge in [-0.15, -0.1) is 10.2 Å². The van der Waals surface area contributed by atoms with Gasteiger partial charge < -0.3 is 4.74 Å². The molecule has 0 amide bonds. The fraction of sp³-hybridized carbons (Fsp3) is 0.167. The van der Waals surface area contributed by atoms with E-state index < -0.39 is 0 Å². The van der Waals surface area contributed by atoms with Gasteiger partial charge >= 0.3 is 0 Å².